The van der Waals surface area contributed by atoms with Crippen LogP contribution in [0.3, 0.4) is 0 Å². The normalized spacial score (nSPS) is 10.4. The summed E-state index contributed by atoms with van der Waals surface area (Å²) in [5, 5.41) is 3.73. The van der Waals surface area contributed by atoms with Crippen molar-refractivity contribution in [2.24, 2.45) is 0 Å². The number of benzene rings is 2. The maximum absolute atomic E-state index is 12.1. The van der Waals surface area contributed by atoms with Crippen molar-refractivity contribution >= 4 is 17.7 Å². The van der Waals surface area contributed by atoms with Crippen LogP contribution in [0.2, 0.25) is 0 Å². The molecule has 0 spiro atoms. The Morgan fingerprint density at radius 1 is 1.00 bits per heavy atom. The van der Waals surface area contributed by atoms with E-state index in [-0.39, 0.29) is 5.91 Å². The summed E-state index contributed by atoms with van der Waals surface area (Å²) in [6.45, 7) is 2.48. The van der Waals surface area contributed by atoms with Gasteiger partial charge in [0.15, 0.2) is 5.82 Å². The molecule has 0 fully saturated rings. The molecule has 1 heterocycles. The molecule has 1 amide bonds. The Bertz CT molecular complexity index is 838. The van der Waals surface area contributed by atoms with Gasteiger partial charge in [0, 0.05) is 17.8 Å². The van der Waals surface area contributed by atoms with Crippen molar-refractivity contribution in [3.8, 4) is 11.4 Å². The number of aromatic nitrogens is 2. The van der Waals surface area contributed by atoms with Crippen LogP contribution in [-0.2, 0) is 11.3 Å². The number of rotatable bonds is 6. The second-order valence-electron chi connectivity index (χ2n) is 5.59. The SMILES string of the molecule is Cc1cc(SCC(=O)NCc2ccccc2)nc(-c2ccccc2)n1. The number of nitrogens with one attached hydrogen (secondary N) is 1. The Balaban J connectivity index is 1.59. The van der Waals surface area contributed by atoms with Gasteiger partial charge < -0.3 is 5.32 Å². The van der Waals surface area contributed by atoms with Crippen LogP contribution < -0.4 is 5.32 Å². The molecule has 0 saturated carbocycles. The van der Waals surface area contributed by atoms with Crippen molar-refractivity contribution in [3.63, 3.8) is 0 Å². The molecule has 0 radical (unpaired) electrons. The molecule has 1 aromatic heterocycles. The largest absolute Gasteiger partial charge is 0.351 e. The minimum absolute atomic E-state index is 0.00798. The molecule has 0 saturated heterocycles. The van der Waals surface area contributed by atoms with E-state index in [4.69, 9.17) is 0 Å². The van der Waals surface area contributed by atoms with Crippen LogP contribution >= 0.6 is 11.8 Å². The number of carbonyl (C=O) groups excluding carboxylic acids is 1. The number of hydrogen-bond acceptors (Lipinski definition) is 4. The molecule has 0 atom stereocenters. The van der Waals surface area contributed by atoms with Crippen LogP contribution in [0.15, 0.2) is 71.8 Å². The second-order valence-corrected chi connectivity index (χ2v) is 6.58. The Hall–Kier alpha value is -2.66. The zero-order valence-corrected chi connectivity index (χ0v) is 14.8. The zero-order chi connectivity index (χ0) is 17.5. The molecule has 0 unspecified atom stereocenters. The number of aryl methyl sites for hydroxylation is 1. The van der Waals surface area contributed by atoms with E-state index in [1.807, 2.05) is 73.7 Å². The second kappa shape index (κ2) is 8.44. The Kier molecular flexibility index (Phi) is 5.80. The van der Waals surface area contributed by atoms with Gasteiger partial charge in [-0.3, -0.25) is 4.79 Å². The molecular formula is C20H19N3OS. The summed E-state index contributed by atoms with van der Waals surface area (Å²) in [4.78, 5) is 21.1. The quantitative estimate of drug-likeness (QED) is 0.542. The Morgan fingerprint density at radius 3 is 2.40 bits per heavy atom. The van der Waals surface area contributed by atoms with Crippen molar-refractivity contribution < 1.29 is 4.79 Å². The van der Waals surface area contributed by atoms with E-state index in [0.29, 0.717) is 18.1 Å². The first kappa shape index (κ1) is 17.2. The molecule has 25 heavy (non-hydrogen) atoms. The van der Waals surface area contributed by atoms with Gasteiger partial charge >= 0.3 is 0 Å². The Labute approximate surface area is 151 Å². The number of nitrogens with zero attached hydrogens (tertiary/aromatic N) is 2. The minimum Gasteiger partial charge on any atom is -0.351 e. The van der Waals surface area contributed by atoms with E-state index < -0.39 is 0 Å². The van der Waals surface area contributed by atoms with Crippen LogP contribution in [0, 0.1) is 6.92 Å². The summed E-state index contributed by atoms with van der Waals surface area (Å²) in [6.07, 6.45) is 0. The molecule has 3 rings (SSSR count). The van der Waals surface area contributed by atoms with E-state index in [1.54, 1.807) is 0 Å². The van der Waals surface area contributed by atoms with Gasteiger partial charge in [-0.15, -0.1) is 0 Å². The van der Waals surface area contributed by atoms with Gasteiger partial charge in [0.1, 0.15) is 5.03 Å². The maximum Gasteiger partial charge on any atom is 0.230 e. The van der Waals surface area contributed by atoms with Crippen LogP contribution in [0.25, 0.3) is 11.4 Å². The predicted octanol–water partition coefficient (Wildman–Crippen LogP) is 3.86. The van der Waals surface area contributed by atoms with E-state index in [1.165, 1.54) is 11.8 Å². The van der Waals surface area contributed by atoms with Gasteiger partial charge in [0.25, 0.3) is 0 Å². The van der Waals surface area contributed by atoms with E-state index in [0.717, 1.165) is 21.8 Å². The van der Waals surface area contributed by atoms with Crippen LogP contribution in [-0.4, -0.2) is 21.6 Å². The maximum atomic E-state index is 12.1. The Morgan fingerprint density at radius 2 is 1.68 bits per heavy atom. The minimum atomic E-state index is -0.00798. The summed E-state index contributed by atoms with van der Waals surface area (Å²) in [5.74, 6) is 1.01. The molecule has 1 N–H and O–H groups in total. The zero-order valence-electron chi connectivity index (χ0n) is 14.0. The van der Waals surface area contributed by atoms with Crippen molar-refractivity contribution in [2.45, 2.75) is 18.5 Å². The fourth-order valence-corrected chi connectivity index (χ4v) is 3.10. The average molecular weight is 349 g/mol. The first-order valence-electron chi connectivity index (χ1n) is 8.05. The third-order valence-corrected chi connectivity index (χ3v) is 4.46. The summed E-state index contributed by atoms with van der Waals surface area (Å²) >= 11 is 1.42. The van der Waals surface area contributed by atoms with Gasteiger partial charge in [0.05, 0.1) is 5.75 Å². The first-order chi connectivity index (χ1) is 12.2. The lowest BCUT2D eigenvalue weighted by Crippen LogP contribution is -2.24. The van der Waals surface area contributed by atoms with E-state index >= 15 is 0 Å². The fraction of sp³-hybridized carbons (Fsp3) is 0.150. The molecule has 126 valence electrons. The molecule has 4 nitrogen and oxygen atoms in total. The molecule has 0 aliphatic carbocycles. The van der Waals surface area contributed by atoms with E-state index in [9.17, 15) is 4.79 Å². The lowest BCUT2D eigenvalue weighted by Gasteiger charge is -2.07. The van der Waals surface area contributed by atoms with Crippen LogP contribution in [0.5, 0.6) is 0 Å². The van der Waals surface area contributed by atoms with Crippen LogP contribution in [0.4, 0.5) is 0 Å². The van der Waals surface area contributed by atoms with Crippen molar-refractivity contribution in [3.05, 3.63) is 78.0 Å². The molecule has 0 aliphatic rings. The van der Waals surface area contributed by atoms with E-state index in [2.05, 4.69) is 15.3 Å². The lowest BCUT2D eigenvalue weighted by molar-refractivity contribution is -0.118. The standard InChI is InChI=1S/C20H19N3OS/c1-15-12-19(23-20(22-15)17-10-6-3-7-11-17)25-14-18(24)21-13-16-8-4-2-5-9-16/h2-12H,13-14H2,1H3,(H,21,24). The summed E-state index contributed by atoms with van der Waals surface area (Å²) in [7, 11) is 0. The average Bonchev–Trinajstić information content (AvgIpc) is 2.66. The first-order valence-corrected chi connectivity index (χ1v) is 9.04. The van der Waals surface area contributed by atoms with Gasteiger partial charge in [0.2, 0.25) is 5.91 Å². The van der Waals surface area contributed by atoms with Gasteiger partial charge in [-0.25, -0.2) is 9.97 Å². The molecule has 3 aromatic rings. The molecule has 0 bridgehead atoms. The number of amides is 1. The molecule has 0 aliphatic heterocycles. The third kappa shape index (κ3) is 5.16. The van der Waals surface area contributed by atoms with Gasteiger partial charge in [-0.2, -0.15) is 0 Å². The summed E-state index contributed by atoms with van der Waals surface area (Å²) in [6, 6.07) is 21.6. The summed E-state index contributed by atoms with van der Waals surface area (Å²) in [5.41, 5.74) is 2.95. The smallest absolute Gasteiger partial charge is 0.230 e. The highest BCUT2D eigenvalue weighted by molar-refractivity contribution is 7.99. The van der Waals surface area contributed by atoms with Crippen molar-refractivity contribution in [1.82, 2.24) is 15.3 Å². The van der Waals surface area contributed by atoms with Gasteiger partial charge in [-0.05, 0) is 18.6 Å². The van der Waals surface area contributed by atoms with Crippen molar-refractivity contribution in [1.29, 1.82) is 0 Å². The van der Waals surface area contributed by atoms with Crippen LogP contribution in [0.1, 0.15) is 11.3 Å². The highest BCUT2D eigenvalue weighted by atomic mass is 32.2. The topological polar surface area (TPSA) is 54.9 Å². The monoisotopic (exact) mass is 349 g/mol. The lowest BCUT2D eigenvalue weighted by atomic mass is 10.2. The predicted molar refractivity (Wildman–Crippen MR) is 101 cm³/mol. The third-order valence-electron chi connectivity index (χ3n) is 3.55. The molecule has 5 heteroatoms. The number of carbonyl (C=O) groups is 1. The molecular weight excluding hydrogens is 330 g/mol. The molecule has 2 aromatic carbocycles. The highest BCUT2D eigenvalue weighted by Gasteiger charge is 2.08. The number of thioether (sulfide) groups is 1. The number of hydrogen-bond donors (Lipinski definition) is 1. The summed E-state index contributed by atoms with van der Waals surface area (Å²) < 4.78 is 0. The van der Waals surface area contributed by atoms with Gasteiger partial charge in [-0.1, -0.05) is 72.4 Å². The highest BCUT2D eigenvalue weighted by Crippen LogP contribution is 2.21. The van der Waals surface area contributed by atoms with Crippen molar-refractivity contribution in [2.75, 3.05) is 5.75 Å². The fourth-order valence-electron chi connectivity index (χ4n) is 2.32.